The lowest BCUT2D eigenvalue weighted by Crippen LogP contribution is -2.25. The van der Waals surface area contributed by atoms with Crippen LogP contribution in [0.5, 0.6) is 0 Å². The maximum atomic E-state index is 12.3. The van der Waals surface area contributed by atoms with Crippen molar-refractivity contribution in [3.63, 3.8) is 0 Å². The summed E-state index contributed by atoms with van der Waals surface area (Å²) >= 11 is 0. The minimum atomic E-state index is -0.921. The van der Waals surface area contributed by atoms with E-state index in [-0.39, 0.29) is 5.78 Å². The molecular weight excluding hydrogens is 266 g/mol. The third kappa shape index (κ3) is 3.69. The Bertz CT molecular complexity index is 662. The second-order valence-electron chi connectivity index (χ2n) is 4.98. The summed E-state index contributed by atoms with van der Waals surface area (Å²) in [4.78, 5) is 23.1. The molecule has 0 saturated heterocycles. The first-order valence-electron chi connectivity index (χ1n) is 6.68. The van der Waals surface area contributed by atoms with Gasteiger partial charge in [0.25, 0.3) is 0 Å². The highest BCUT2D eigenvalue weighted by molar-refractivity contribution is 6.09. The third-order valence-corrected chi connectivity index (χ3v) is 3.18. The fourth-order valence-corrected chi connectivity index (χ4v) is 1.98. The minimum Gasteiger partial charge on any atom is -0.480 e. The number of aryl methyl sites for hydroxylation is 1. The number of aliphatic carboxylic acids is 1. The first-order valence-corrected chi connectivity index (χ1v) is 6.68. The van der Waals surface area contributed by atoms with Crippen molar-refractivity contribution < 1.29 is 14.7 Å². The highest BCUT2D eigenvalue weighted by Crippen LogP contribution is 2.15. The largest absolute Gasteiger partial charge is 0.480 e. The van der Waals surface area contributed by atoms with Crippen molar-refractivity contribution >= 4 is 17.4 Å². The molecule has 4 heteroatoms. The van der Waals surface area contributed by atoms with E-state index in [4.69, 9.17) is 5.11 Å². The number of carboxylic acid groups (broad SMARTS) is 1. The van der Waals surface area contributed by atoms with Gasteiger partial charge in [-0.3, -0.25) is 9.59 Å². The number of carbonyl (C=O) groups excluding carboxylic acids is 1. The predicted octanol–water partition coefficient (Wildman–Crippen LogP) is 3.11. The van der Waals surface area contributed by atoms with Crippen molar-refractivity contribution in [2.75, 3.05) is 5.32 Å². The number of hydrogen-bond acceptors (Lipinski definition) is 3. The van der Waals surface area contributed by atoms with Gasteiger partial charge in [-0.05, 0) is 44.2 Å². The van der Waals surface area contributed by atoms with Gasteiger partial charge in [0.15, 0.2) is 5.78 Å². The summed E-state index contributed by atoms with van der Waals surface area (Å²) in [5.41, 5.74) is 2.93. The molecule has 1 atom stereocenters. The van der Waals surface area contributed by atoms with Gasteiger partial charge in [-0.25, -0.2) is 0 Å². The molecule has 0 bridgehead atoms. The van der Waals surface area contributed by atoms with Crippen LogP contribution in [0, 0.1) is 6.92 Å². The number of carbonyl (C=O) groups is 2. The summed E-state index contributed by atoms with van der Waals surface area (Å²) in [5, 5.41) is 11.7. The van der Waals surface area contributed by atoms with Crippen molar-refractivity contribution in [2.45, 2.75) is 19.9 Å². The second-order valence-corrected chi connectivity index (χ2v) is 4.98. The Morgan fingerprint density at radius 3 is 2.29 bits per heavy atom. The molecule has 0 radical (unpaired) electrons. The summed E-state index contributed by atoms with van der Waals surface area (Å²) in [7, 11) is 0. The molecule has 1 unspecified atom stereocenters. The normalized spacial score (nSPS) is 11.7. The van der Waals surface area contributed by atoms with Crippen LogP contribution in [-0.2, 0) is 4.79 Å². The van der Waals surface area contributed by atoms with Crippen LogP contribution in [0.25, 0.3) is 0 Å². The molecule has 0 aliphatic carbocycles. The Morgan fingerprint density at radius 2 is 1.71 bits per heavy atom. The Hall–Kier alpha value is -2.62. The monoisotopic (exact) mass is 283 g/mol. The summed E-state index contributed by atoms with van der Waals surface area (Å²) in [6.45, 7) is 3.51. The van der Waals surface area contributed by atoms with Crippen LogP contribution in [0.2, 0.25) is 0 Å². The van der Waals surface area contributed by atoms with Crippen LogP contribution in [0.15, 0.2) is 48.5 Å². The lowest BCUT2D eigenvalue weighted by atomic mass is 10.0. The predicted molar refractivity (Wildman–Crippen MR) is 81.8 cm³/mol. The molecule has 0 amide bonds. The zero-order valence-electron chi connectivity index (χ0n) is 12.0. The molecule has 2 rings (SSSR count). The van der Waals surface area contributed by atoms with Crippen molar-refractivity contribution in [1.82, 2.24) is 0 Å². The summed E-state index contributed by atoms with van der Waals surface area (Å²) in [5.74, 6) is -0.966. The smallest absolute Gasteiger partial charge is 0.325 e. The minimum absolute atomic E-state index is 0.0449. The zero-order valence-corrected chi connectivity index (χ0v) is 12.0. The van der Waals surface area contributed by atoms with Gasteiger partial charge in [0, 0.05) is 16.8 Å². The highest BCUT2D eigenvalue weighted by Gasteiger charge is 2.12. The fraction of sp³-hybridized carbons (Fsp3) is 0.176. The van der Waals surface area contributed by atoms with Crippen molar-refractivity contribution in [2.24, 2.45) is 0 Å². The molecule has 0 aliphatic heterocycles. The molecule has 0 aromatic heterocycles. The van der Waals surface area contributed by atoms with Gasteiger partial charge in [0.1, 0.15) is 6.04 Å². The maximum Gasteiger partial charge on any atom is 0.325 e. The second kappa shape index (κ2) is 6.22. The first-order chi connectivity index (χ1) is 9.97. The maximum absolute atomic E-state index is 12.3. The van der Waals surface area contributed by atoms with Gasteiger partial charge in [-0.1, -0.05) is 23.8 Å². The lowest BCUT2D eigenvalue weighted by molar-refractivity contribution is -0.137. The number of benzene rings is 2. The molecule has 2 aromatic rings. The number of anilines is 1. The van der Waals surface area contributed by atoms with E-state index in [1.165, 1.54) is 0 Å². The van der Waals surface area contributed by atoms with Crippen LogP contribution in [-0.4, -0.2) is 22.9 Å². The van der Waals surface area contributed by atoms with E-state index < -0.39 is 12.0 Å². The number of rotatable bonds is 5. The molecule has 2 aromatic carbocycles. The van der Waals surface area contributed by atoms with Crippen molar-refractivity contribution in [1.29, 1.82) is 0 Å². The highest BCUT2D eigenvalue weighted by atomic mass is 16.4. The molecular formula is C17H17NO3. The average Bonchev–Trinajstić information content (AvgIpc) is 2.47. The summed E-state index contributed by atoms with van der Waals surface area (Å²) < 4.78 is 0. The summed E-state index contributed by atoms with van der Waals surface area (Å²) in [6.07, 6.45) is 0. The van der Waals surface area contributed by atoms with Gasteiger partial charge in [0.2, 0.25) is 0 Å². The SMILES string of the molecule is Cc1cccc(C(=O)c2ccc(NC(C)C(=O)O)cc2)c1. The molecule has 0 fully saturated rings. The number of nitrogens with one attached hydrogen (secondary N) is 1. The Balaban J connectivity index is 2.15. The lowest BCUT2D eigenvalue weighted by Gasteiger charge is -2.11. The Morgan fingerprint density at radius 1 is 1.05 bits per heavy atom. The van der Waals surface area contributed by atoms with E-state index in [1.54, 1.807) is 37.3 Å². The standard InChI is InChI=1S/C17H17NO3/c1-11-4-3-5-14(10-11)16(19)13-6-8-15(9-7-13)18-12(2)17(20)21/h3-10,12,18H,1-2H3,(H,20,21). The van der Waals surface area contributed by atoms with Gasteiger partial charge >= 0.3 is 5.97 Å². The molecule has 2 N–H and O–H groups in total. The molecule has 0 heterocycles. The van der Waals surface area contributed by atoms with Gasteiger partial charge in [0.05, 0.1) is 0 Å². The molecule has 0 saturated carbocycles. The number of hydrogen-bond donors (Lipinski definition) is 2. The Labute approximate surface area is 123 Å². The van der Waals surface area contributed by atoms with E-state index in [2.05, 4.69) is 5.32 Å². The van der Waals surface area contributed by atoms with E-state index in [0.29, 0.717) is 16.8 Å². The molecule has 4 nitrogen and oxygen atoms in total. The van der Waals surface area contributed by atoms with E-state index in [9.17, 15) is 9.59 Å². The quantitative estimate of drug-likeness (QED) is 0.827. The summed E-state index contributed by atoms with van der Waals surface area (Å²) in [6, 6.07) is 13.6. The van der Waals surface area contributed by atoms with Crippen LogP contribution in [0.1, 0.15) is 28.4 Å². The van der Waals surface area contributed by atoms with Crippen LogP contribution in [0.3, 0.4) is 0 Å². The van der Waals surface area contributed by atoms with Gasteiger partial charge in [-0.15, -0.1) is 0 Å². The topological polar surface area (TPSA) is 66.4 Å². The van der Waals surface area contributed by atoms with E-state index in [1.807, 2.05) is 25.1 Å². The van der Waals surface area contributed by atoms with Crippen molar-refractivity contribution in [3.8, 4) is 0 Å². The van der Waals surface area contributed by atoms with Gasteiger partial charge in [-0.2, -0.15) is 0 Å². The molecule has 0 spiro atoms. The van der Waals surface area contributed by atoms with Crippen LogP contribution < -0.4 is 5.32 Å². The molecule has 0 aliphatic rings. The van der Waals surface area contributed by atoms with E-state index in [0.717, 1.165) is 5.56 Å². The third-order valence-electron chi connectivity index (χ3n) is 3.18. The van der Waals surface area contributed by atoms with E-state index >= 15 is 0 Å². The Kier molecular flexibility index (Phi) is 4.38. The first kappa shape index (κ1) is 14.8. The van der Waals surface area contributed by atoms with Crippen LogP contribution in [0.4, 0.5) is 5.69 Å². The zero-order chi connectivity index (χ0) is 15.4. The molecule has 108 valence electrons. The van der Waals surface area contributed by atoms with Crippen molar-refractivity contribution in [3.05, 3.63) is 65.2 Å². The fourth-order valence-electron chi connectivity index (χ4n) is 1.98. The van der Waals surface area contributed by atoms with Crippen LogP contribution >= 0.6 is 0 Å². The number of ketones is 1. The average molecular weight is 283 g/mol. The molecule has 21 heavy (non-hydrogen) atoms. The number of carboxylic acids is 1. The van der Waals surface area contributed by atoms with Gasteiger partial charge < -0.3 is 10.4 Å².